The van der Waals surface area contributed by atoms with Crippen LogP contribution in [-0.4, -0.2) is 45.9 Å². The molecular weight excluding hydrogens is 382 g/mol. The molecule has 0 bridgehead atoms. The van der Waals surface area contributed by atoms with Crippen LogP contribution in [-0.2, 0) is 19.5 Å². The Hall–Kier alpha value is -2.38. The van der Waals surface area contributed by atoms with Crippen molar-refractivity contribution in [2.45, 2.75) is 39.3 Å². The molecule has 5 rings (SSSR count). The van der Waals surface area contributed by atoms with E-state index in [1.54, 1.807) is 11.3 Å². The third kappa shape index (κ3) is 4.16. The van der Waals surface area contributed by atoms with Gasteiger partial charge >= 0.3 is 0 Å². The number of aryl methyl sites for hydroxylation is 1. The lowest BCUT2D eigenvalue weighted by Crippen LogP contribution is -2.24. The SMILES string of the molecule is Cc1nc(NCc2ccc3c(c2)CCO3)sc1-c1ccn(CCN2CCCC2)n1. The maximum absolute atomic E-state index is 5.59. The van der Waals surface area contributed by atoms with Crippen molar-refractivity contribution in [3.05, 3.63) is 47.3 Å². The predicted molar refractivity (Wildman–Crippen MR) is 117 cm³/mol. The van der Waals surface area contributed by atoms with Crippen molar-refractivity contribution < 1.29 is 4.74 Å². The molecule has 1 aromatic carbocycles. The van der Waals surface area contributed by atoms with E-state index in [0.717, 1.165) is 59.8 Å². The van der Waals surface area contributed by atoms with Crippen LogP contribution in [0.3, 0.4) is 0 Å². The maximum atomic E-state index is 5.59. The largest absolute Gasteiger partial charge is 0.493 e. The van der Waals surface area contributed by atoms with Crippen LogP contribution in [0.2, 0.25) is 0 Å². The number of hydrogen-bond acceptors (Lipinski definition) is 6. The molecular formula is C22H27N5OS. The van der Waals surface area contributed by atoms with Crippen molar-refractivity contribution in [1.82, 2.24) is 19.7 Å². The highest BCUT2D eigenvalue weighted by atomic mass is 32.1. The van der Waals surface area contributed by atoms with Crippen molar-refractivity contribution in [1.29, 1.82) is 0 Å². The van der Waals surface area contributed by atoms with Crippen LogP contribution in [0, 0.1) is 6.92 Å². The molecule has 2 aliphatic rings. The second kappa shape index (κ2) is 8.16. The Morgan fingerprint density at radius 1 is 1.17 bits per heavy atom. The fourth-order valence-electron chi connectivity index (χ4n) is 4.09. The molecule has 0 amide bonds. The Bertz CT molecular complexity index is 989. The number of ether oxygens (including phenoxy) is 1. The van der Waals surface area contributed by atoms with Crippen LogP contribution >= 0.6 is 11.3 Å². The smallest absolute Gasteiger partial charge is 0.183 e. The van der Waals surface area contributed by atoms with Gasteiger partial charge in [0.05, 0.1) is 23.7 Å². The molecule has 1 fully saturated rings. The van der Waals surface area contributed by atoms with Gasteiger partial charge in [-0.1, -0.05) is 23.5 Å². The zero-order chi connectivity index (χ0) is 19.6. The normalized spacial score (nSPS) is 16.2. The summed E-state index contributed by atoms with van der Waals surface area (Å²) in [4.78, 5) is 8.39. The monoisotopic (exact) mass is 409 g/mol. The zero-order valence-corrected chi connectivity index (χ0v) is 17.7. The molecule has 7 heteroatoms. The van der Waals surface area contributed by atoms with Gasteiger partial charge < -0.3 is 15.0 Å². The molecule has 0 spiro atoms. The third-order valence-corrected chi connectivity index (χ3v) is 6.85. The van der Waals surface area contributed by atoms with Crippen molar-refractivity contribution >= 4 is 16.5 Å². The topological polar surface area (TPSA) is 55.2 Å². The van der Waals surface area contributed by atoms with Gasteiger partial charge in [-0.25, -0.2) is 4.98 Å². The molecule has 0 saturated carbocycles. The number of hydrogen-bond donors (Lipinski definition) is 1. The summed E-state index contributed by atoms with van der Waals surface area (Å²) in [6, 6.07) is 8.54. The Kier molecular flexibility index (Phi) is 5.24. The van der Waals surface area contributed by atoms with Crippen LogP contribution < -0.4 is 10.1 Å². The highest BCUT2D eigenvalue weighted by Gasteiger charge is 2.15. The predicted octanol–water partition coefficient (Wildman–Crippen LogP) is 3.96. The van der Waals surface area contributed by atoms with E-state index in [2.05, 4.69) is 52.3 Å². The molecule has 2 aliphatic heterocycles. The molecule has 3 aromatic rings. The lowest BCUT2D eigenvalue weighted by molar-refractivity contribution is 0.316. The van der Waals surface area contributed by atoms with Crippen LogP contribution in [0.1, 0.15) is 29.7 Å². The number of aromatic nitrogens is 3. The number of rotatable bonds is 7. The number of likely N-dealkylation sites (tertiary alicyclic amines) is 1. The van der Waals surface area contributed by atoms with Crippen molar-refractivity contribution in [2.75, 3.05) is 31.6 Å². The molecule has 1 N–H and O–H groups in total. The fourth-order valence-corrected chi connectivity index (χ4v) is 5.02. The Labute approximate surface area is 175 Å². The van der Waals surface area contributed by atoms with Gasteiger partial charge in [0.25, 0.3) is 0 Å². The fraction of sp³-hybridized carbons (Fsp3) is 0.455. The highest BCUT2D eigenvalue weighted by Crippen LogP contribution is 2.32. The van der Waals surface area contributed by atoms with E-state index in [1.165, 1.54) is 37.1 Å². The second-order valence-corrected chi connectivity index (χ2v) is 8.84. The van der Waals surface area contributed by atoms with Crippen molar-refractivity contribution in [2.24, 2.45) is 0 Å². The van der Waals surface area contributed by atoms with Gasteiger partial charge in [-0.05, 0) is 56.1 Å². The van der Waals surface area contributed by atoms with Gasteiger partial charge in [-0.15, -0.1) is 0 Å². The molecule has 0 radical (unpaired) electrons. The summed E-state index contributed by atoms with van der Waals surface area (Å²) in [7, 11) is 0. The minimum absolute atomic E-state index is 0.768. The minimum Gasteiger partial charge on any atom is -0.493 e. The quantitative estimate of drug-likeness (QED) is 0.640. The van der Waals surface area contributed by atoms with Crippen LogP contribution in [0.15, 0.2) is 30.5 Å². The average molecular weight is 410 g/mol. The Morgan fingerprint density at radius 3 is 2.97 bits per heavy atom. The molecule has 2 aromatic heterocycles. The maximum Gasteiger partial charge on any atom is 0.183 e. The molecule has 29 heavy (non-hydrogen) atoms. The van der Waals surface area contributed by atoms with Crippen LogP contribution in [0.5, 0.6) is 5.75 Å². The minimum atomic E-state index is 0.768. The Morgan fingerprint density at radius 2 is 2.07 bits per heavy atom. The first-order valence-corrected chi connectivity index (χ1v) is 11.3. The van der Waals surface area contributed by atoms with Crippen LogP contribution in [0.4, 0.5) is 5.13 Å². The first-order valence-electron chi connectivity index (χ1n) is 10.5. The molecule has 152 valence electrons. The molecule has 1 saturated heterocycles. The van der Waals surface area contributed by atoms with E-state index in [1.807, 2.05) is 0 Å². The van der Waals surface area contributed by atoms with Gasteiger partial charge in [0.1, 0.15) is 11.4 Å². The van der Waals surface area contributed by atoms with Gasteiger partial charge in [0.15, 0.2) is 5.13 Å². The van der Waals surface area contributed by atoms with Gasteiger partial charge in [0, 0.05) is 25.7 Å². The summed E-state index contributed by atoms with van der Waals surface area (Å²) in [5.74, 6) is 1.03. The number of fused-ring (bicyclic) bond motifs is 1. The molecule has 0 unspecified atom stereocenters. The molecule has 4 heterocycles. The first-order chi connectivity index (χ1) is 14.2. The number of nitrogens with one attached hydrogen (secondary N) is 1. The molecule has 6 nitrogen and oxygen atoms in total. The summed E-state index contributed by atoms with van der Waals surface area (Å²) < 4.78 is 7.65. The summed E-state index contributed by atoms with van der Waals surface area (Å²) >= 11 is 1.68. The van der Waals surface area contributed by atoms with Crippen molar-refractivity contribution in [3.63, 3.8) is 0 Å². The third-order valence-electron chi connectivity index (χ3n) is 5.71. The zero-order valence-electron chi connectivity index (χ0n) is 16.9. The van der Waals surface area contributed by atoms with E-state index >= 15 is 0 Å². The molecule has 0 aliphatic carbocycles. The summed E-state index contributed by atoms with van der Waals surface area (Å²) in [6.07, 6.45) is 5.76. The lowest BCUT2D eigenvalue weighted by Gasteiger charge is -2.13. The summed E-state index contributed by atoms with van der Waals surface area (Å²) in [6.45, 7) is 8.12. The van der Waals surface area contributed by atoms with E-state index in [9.17, 15) is 0 Å². The average Bonchev–Trinajstić information content (AvgIpc) is 3.51. The lowest BCUT2D eigenvalue weighted by atomic mass is 10.1. The van der Waals surface area contributed by atoms with Crippen LogP contribution in [0.25, 0.3) is 10.6 Å². The number of nitrogens with zero attached hydrogens (tertiary/aromatic N) is 4. The number of benzene rings is 1. The number of anilines is 1. The number of thiazole rings is 1. The summed E-state index contributed by atoms with van der Waals surface area (Å²) in [5.41, 5.74) is 4.61. The standard InChI is InChI=1S/C22H27N5OS/c1-16-21(19-6-10-27(25-19)12-11-26-8-2-3-9-26)29-22(24-16)23-15-17-4-5-20-18(14-17)7-13-28-20/h4-6,10,14H,2-3,7-9,11-13,15H2,1H3,(H,23,24). The summed E-state index contributed by atoms with van der Waals surface area (Å²) in [5, 5.41) is 9.21. The van der Waals surface area contributed by atoms with E-state index in [0.29, 0.717) is 0 Å². The highest BCUT2D eigenvalue weighted by molar-refractivity contribution is 7.19. The van der Waals surface area contributed by atoms with E-state index < -0.39 is 0 Å². The Balaban J connectivity index is 1.22. The second-order valence-electron chi connectivity index (χ2n) is 7.84. The first kappa shape index (κ1) is 18.6. The van der Waals surface area contributed by atoms with Gasteiger partial charge in [-0.3, -0.25) is 4.68 Å². The van der Waals surface area contributed by atoms with E-state index in [-0.39, 0.29) is 0 Å². The van der Waals surface area contributed by atoms with Crippen molar-refractivity contribution in [3.8, 4) is 16.3 Å². The van der Waals surface area contributed by atoms with Gasteiger partial charge in [0.2, 0.25) is 0 Å². The molecule has 0 atom stereocenters. The van der Waals surface area contributed by atoms with Gasteiger partial charge in [-0.2, -0.15) is 5.10 Å². The van der Waals surface area contributed by atoms with E-state index in [4.69, 9.17) is 14.8 Å².